The third kappa shape index (κ3) is 1.52. The first-order valence-electron chi connectivity index (χ1n) is 5.86. The van der Waals surface area contributed by atoms with Gasteiger partial charge in [0, 0.05) is 19.2 Å². The first-order chi connectivity index (χ1) is 8.70. The van der Waals surface area contributed by atoms with E-state index < -0.39 is 0 Å². The van der Waals surface area contributed by atoms with E-state index in [4.69, 9.17) is 5.73 Å². The van der Waals surface area contributed by atoms with Crippen molar-refractivity contribution in [3.8, 4) is 11.3 Å². The molecule has 5 nitrogen and oxygen atoms in total. The van der Waals surface area contributed by atoms with Crippen LogP contribution in [0.3, 0.4) is 0 Å². The molecule has 0 atom stereocenters. The maximum atomic E-state index is 5.69. The van der Waals surface area contributed by atoms with Crippen molar-refractivity contribution in [2.45, 2.75) is 13.5 Å². The van der Waals surface area contributed by atoms with Crippen molar-refractivity contribution in [3.63, 3.8) is 0 Å². The van der Waals surface area contributed by atoms with Crippen LogP contribution in [0.15, 0.2) is 24.5 Å². The van der Waals surface area contributed by atoms with Crippen LogP contribution in [-0.4, -0.2) is 19.7 Å². The number of hydrogen-bond acceptors (Lipinski definition) is 3. The first kappa shape index (κ1) is 11.0. The van der Waals surface area contributed by atoms with Gasteiger partial charge in [-0.25, -0.2) is 4.98 Å². The second kappa shape index (κ2) is 3.96. The zero-order valence-electron chi connectivity index (χ0n) is 10.4. The molecule has 0 fully saturated rings. The van der Waals surface area contributed by atoms with E-state index in [2.05, 4.69) is 34.1 Å². The van der Waals surface area contributed by atoms with Crippen molar-refractivity contribution >= 4 is 11.0 Å². The summed E-state index contributed by atoms with van der Waals surface area (Å²) in [5.74, 6) is 0. The fraction of sp³-hybridized carbons (Fsp3) is 0.231. The lowest BCUT2D eigenvalue weighted by atomic mass is 10.1. The van der Waals surface area contributed by atoms with Gasteiger partial charge in [0.25, 0.3) is 0 Å². The quantitative estimate of drug-likeness (QED) is 0.717. The van der Waals surface area contributed by atoms with E-state index in [0.29, 0.717) is 6.54 Å². The first-order valence-corrected chi connectivity index (χ1v) is 5.86. The Morgan fingerprint density at radius 2 is 2.22 bits per heavy atom. The van der Waals surface area contributed by atoms with Gasteiger partial charge in [-0.15, -0.1) is 0 Å². The maximum Gasteiger partial charge on any atom is 0.0931 e. The van der Waals surface area contributed by atoms with Crippen LogP contribution in [0.1, 0.15) is 11.3 Å². The minimum Gasteiger partial charge on any atom is -0.345 e. The molecule has 2 aromatic heterocycles. The standard InChI is InChI=1S/C13H15N5/c1-8-12(6-14)17-18(2)13(8)9-3-4-10-11(5-9)16-7-15-10/h3-5,7H,6,14H2,1-2H3,(H,15,16). The second-order valence-electron chi connectivity index (χ2n) is 4.38. The predicted molar refractivity (Wildman–Crippen MR) is 70.9 cm³/mol. The highest BCUT2D eigenvalue weighted by atomic mass is 15.3. The number of rotatable bonds is 2. The lowest BCUT2D eigenvalue weighted by Gasteiger charge is -2.04. The zero-order chi connectivity index (χ0) is 12.7. The molecule has 0 amide bonds. The summed E-state index contributed by atoms with van der Waals surface area (Å²) in [7, 11) is 1.94. The average molecular weight is 241 g/mol. The van der Waals surface area contributed by atoms with Gasteiger partial charge in [0.1, 0.15) is 0 Å². The van der Waals surface area contributed by atoms with E-state index >= 15 is 0 Å². The minimum absolute atomic E-state index is 0.464. The topological polar surface area (TPSA) is 72.5 Å². The van der Waals surface area contributed by atoms with E-state index in [1.807, 2.05) is 17.8 Å². The van der Waals surface area contributed by atoms with E-state index in [1.165, 1.54) is 0 Å². The highest BCUT2D eigenvalue weighted by Gasteiger charge is 2.13. The Balaban J connectivity index is 2.21. The van der Waals surface area contributed by atoms with Crippen molar-refractivity contribution in [1.29, 1.82) is 0 Å². The van der Waals surface area contributed by atoms with E-state index in [0.717, 1.165) is 33.5 Å². The molecule has 0 aliphatic heterocycles. The van der Waals surface area contributed by atoms with Crippen molar-refractivity contribution in [2.75, 3.05) is 0 Å². The number of nitrogens with one attached hydrogen (secondary N) is 1. The maximum absolute atomic E-state index is 5.69. The number of hydrogen-bond donors (Lipinski definition) is 2. The molecule has 3 rings (SSSR count). The van der Waals surface area contributed by atoms with Crippen LogP contribution in [0.25, 0.3) is 22.3 Å². The molecule has 0 aliphatic carbocycles. The van der Waals surface area contributed by atoms with Gasteiger partial charge in [-0.05, 0) is 24.6 Å². The van der Waals surface area contributed by atoms with Gasteiger partial charge >= 0.3 is 0 Å². The van der Waals surface area contributed by atoms with Crippen molar-refractivity contribution in [1.82, 2.24) is 19.7 Å². The molecule has 2 heterocycles. The SMILES string of the molecule is Cc1c(CN)nn(C)c1-c1ccc2nc[nH]c2c1. The molecule has 0 saturated carbocycles. The van der Waals surface area contributed by atoms with Crippen LogP contribution >= 0.6 is 0 Å². The van der Waals surface area contributed by atoms with Crippen LogP contribution in [0.4, 0.5) is 0 Å². The number of benzene rings is 1. The van der Waals surface area contributed by atoms with Crippen molar-refractivity contribution < 1.29 is 0 Å². The fourth-order valence-corrected chi connectivity index (χ4v) is 2.37. The van der Waals surface area contributed by atoms with Crippen LogP contribution in [0.5, 0.6) is 0 Å². The Kier molecular flexibility index (Phi) is 2.41. The summed E-state index contributed by atoms with van der Waals surface area (Å²) in [6, 6.07) is 6.16. The van der Waals surface area contributed by atoms with Gasteiger partial charge in [0.2, 0.25) is 0 Å². The molecular formula is C13H15N5. The van der Waals surface area contributed by atoms with Gasteiger partial charge in [0.15, 0.2) is 0 Å². The van der Waals surface area contributed by atoms with Crippen molar-refractivity contribution in [3.05, 3.63) is 35.8 Å². The molecule has 0 bridgehead atoms. The van der Waals surface area contributed by atoms with Crippen LogP contribution in [0.2, 0.25) is 0 Å². The second-order valence-corrected chi connectivity index (χ2v) is 4.38. The number of fused-ring (bicyclic) bond motifs is 1. The molecule has 0 unspecified atom stereocenters. The summed E-state index contributed by atoms with van der Waals surface area (Å²) in [6.45, 7) is 2.52. The van der Waals surface area contributed by atoms with Gasteiger partial charge < -0.3 is 10.7 Å². The van der Waals surface area contributed by atoms with E-state index in [9.17, 15) is 0 Å². The summed E-state index contributed by atoms with van der Waals surface area (Å²) in [5, 5.41) is 4.44. The highest BCUT2D eigenvalue weighted by molar-refractivity contribution is 5.81. The molecule has 0 spiro atoms. The number of nitrogens with two attached hydrogens (primary N) is 1. The zero-order valence-corrected chi connectivity index (χ0v) is 10.4. The number of nitrogens with zero attached hydrogens (tertiary/aromatic N) is 3. The third-order valence-electron chi connectivity index (χ3n) is 3.27. The molecule has 3 N–H and O–H groups in total. The number of H-pyrrole nitrogens is 1. The van der Waals surface area contributed by atoms with Gasteiger partial charge in [-0.1, -0.05) is 6.07 Å². The summed E-state index contributed by atoms with van der Waals surface area (Å²) in [6.07, 6.45) is 1.70. The van der Waals surface area contributed by atoms with Gasteiger partial charge in [-0.3, -0.25) is 4.68 Å². The van der Waals surface area contributed by atoms with Crippen LogP contribution in [0, 0.1) is 6.92 Å². The van der Waals surface area contributed by atoms with Gasteiger partial charge in [-0.2, -0.15) is 5.10 Å². The largest absolute Gasteiger partial charge is 0.345 e. The molecule has 0 radical (unpaired) electrons. The number of aromatic nitrogens is 4. The summed E-state index contributed by atoms with van der Waals surface area (Å²) in [4.78, 5) is 7.35. The average Bonchev–Trinajstić information content (AvgIpc) is 2.93. The van der Waals surface area contributed by atoms with Crippen LogP contribution < -0.4 is 5.73 Å². The van der Waals surface area contributed by atoms with Crippen LogP contribution in [-0.2, 0) is 13.6 Å². The lowest BCUT2D eigenvalue weighted by molar-refractivity contribution is 0.749. The fourth-order valence-electron chi connectivity index (χ4n) is 2.37. The normalized spacial score (nSPS) is 11.3. The molecule has 0 saturated heterocycles. The Labute approximate surface area is 105 Å². The monoisotopic (exact) mass is 241 g/mol. The molecule has 5 heteroatoms. The Bertz CT molecular complexity index is 707. The lowest BCUT2D eigenvalue weighted by Crippen LogP contribution is -1.99. The molecular weight excluding hydrogens is 226 g/mol. The summed E-state index contributed by atoms with van der Waals surface area (Å²) in [5.41, 5.74) is 12.0. The van der Waals surface area contributed by atoms with Crippen molar-refractivity contribution in [2.24, 2.45) is 12.8 Å². The Morgan fingerprint density at radius 1 is 1.39 bits per heavy atom. The summed E-state index contributed by atoms with van der Waals surface area (Å²) >= 11 is 0. The predicted octanol–water partition coefficient (Wildman–Crippen LogP) is 1.73. The van der Waals surface area contributed by atoms with E-state index in [-0.39, 0.29) is 0 Å². The molecule has 18 heavy (non-hydrogen) atoms. The van der Waals surface area contributed by atoms with Gasteiger partial charge in [0.05, 0.1) is 28.7 Å². The number of aryl methyl sites for hydroxylation is 1. The van der Waals surface area contributed by atoms with E-state index in [1.54, 1.807) is 6.33 Å². The molecule has 3 aromatic rings. The number of aromatic amines is 1. The molecule has 0 aliphatic rings. The molecule has 92 valence electrons. The minimum atomic E-state index is 0.464. The third-order valence-corrected chi connectivity index (χ3v) is 3.27. The Hall–Kier alpha value is -2.14. The summed E-state index contributed by atoms with van der Waals surface area (Å²) < 4.78 is 1.88. The molecule has 1 aromatic carbocycles. The smallest absolute Gasteiger partial charge is 0.0931 e. The number of imidazole rings is 1. The highest BCUT2D eigenvalue weighted by Crippen LogP contribution is 2.27. The Morgan fingerprint density at radius 3 is 2.94 bits per heavy atom.